The van der Waals surface area contributed by atoms with Gasteiger partial charge >= 0.3 is 7.67 Å². The van der Waals surface area contributed by atoms with Gasteiger partial charge < -0.3 is 23.8 Å². The topological polar surface area (TPSA) is 92.8 Å². The van der Waals surface area contributed by atoms with Gasteiger partial charge in [0, 0.05) is 26.2 Å². The van der Waals surface area contributed by atoms with Gasteiger partial charge in [0.05, 0.1) is 38.1 Å². The van der Waals surface area contributed by atoms with E-state index in [1.54, 1.807) is 37.5 Å². The van der Waals surface area contributed by atoms with Crippen molar-refractivity contribution in [1.82, 2.24) is 19.3 Å². The molecule has 2 aliphatic heterocycles. The number of hydrogen-bond donors (Lipinski definition) is 1. The highest BCUT2D eigenvalue weighted by molar-refractivity contribution is 7.53. The summed E-state index contributed by atoms with van der Waals surface area (Å²) < 4.78 is 53.3. The summed E-state index contributed by atoms with van der Waals surface area (Å²) in [5.41, 5.74) is 0. The average molecular weight is 428 g/mol. The molecule has 2 rings (SSSR count). The molecular weight excluding hydrogens is 394 g/mol. The van der Waals surface area contributed by atoms with Crippen LogP contribution in [0.2, 0.25) is 0 Å². The van der Waals surface area contributed by atoms with E-state index in [0.717, 1.165) is 6.54 Å². The van der Waals surface area contributed by atoms with Gasteiger partial charge in [-0.2, -0.15) is 0 Å². The zero-order valence-electron chi connectivity index (χ0n) is 16.9. The van der Waals surface area contributed by atoms with Gasteiger partial charge in [-0.1, -0.05) is 0 Å². The monoisotopic (exact) mass is 428 g/mol. The Bertz CT molecular complexity index is 532. The molecule has 0 bridgehead atoms. The summed E-state index contributed by atoms with van der Waals surface area (Å²) in [7, 11) is 1.40. The summed E-state index contributed by atoms with van der Waals surface area (Å²) in [6.07, 6.45) is -0.582. The molecule has 0 aliphatic carbocycles. The lowest BCUT2D eigenvalue weighted by Gasteiger charge is -2.42. The Kier molecular flexibility index (Phi) is 9.35. The molecule has 0 aromatic carbocycles. The lowest BCUT2D eigenvalue weighted by atomic mass is 10.2. The second-order valence-electron chi connectivity index (χ2n) is 7.24. The third kappa shape index (κ3) is 6.85. The van der Waals surface area contributed by atoms with Crippen LogP contribution in [0, 0.1) is 0 Å². The molecule has 0 spiro atoms. The minimum absolute atomic E-state index is 0.115. The van der Waals surface area contributed by atoms with Crippen LogP contribution in [-0.4, -0.2) is 107 Å². The molecule has 2 fully saturated rings. The first kappa shape index (κ1) is 23.4. The minimum atomic E-state index is -3.23. The zero-order chi connectivity index (χ0) is 20.0. The van der Waals surface area contributed by atoms with Crippen molar-refractivity contribution in [1.29, 1.82) is 0 Å². The van der Waals surface area contributed by atoms with Crippen molar-refractivity contribution in [2.45, 2.75) is 25.2 Å². The van der Waals surface area contributed by atoms with Crippen molar-refractivity contribution in [3.05, 3.63) is 0 Å². The van der Waals surface area contributed by atoms with Crippen LogP contribution in [0.4, 0.5) is 0 Å². The molecule has 0 radical (unpaired) electrons. The second-order valence-corrected chi connectivity index (χ2v) is 11.6. The molecule has 2 heterocycles. The van der Waals surface area contributed by atoms with Crippen molar-refractivity contribution in [3.63, 3.8) is 0 Å². The van der Waals surface area contributed by atoms with Gasteiger partial charge in [-0.3, -0.25) is 9.13 Å². The summed E-state index contributed by atoms with van der Waals surface area (Å²) in [6, 6.07) is 0. The van der Waals surface area contributed by atoms with Gasteiger partial charge in [-0.05, 0) is 35.1 Å². The molecule has 1 N–H and O–H groups in total. The van der Waals surface area contributed by atoms with E-state index in [-0.39, 0.29) is 31.5 Å². The third-order valence-corrected chi connectivity index (χ3v) is 8.04. The Labute approximate surface area is 162 Å². The number of nitrogens with one attached hydrogen (secondary N) is 1. The van der Waals surface area contributed by atoms with E-state index < -0.39 is 15.8 Å². The maximum atomic E-state index is 13.6. The van der Waals surface area contributed by atoms with Crippen molar-refractivity contribution in [3.8, 4) is 0 Å². The molecule has 5 atom stereocenters. The van der Waals surface area contributed by atoms with E-state index in [0.29, 0.717) is 26.2 Å². The van der Waals surface area contributed by atoms with Gasteiger partial charge in [-0.15, -0.1) is 0 Å². The Morgan fingerprint density at radius 3 is 2.56 bits per heavy atom. The van der Waals surface area contributed by atoms with Gasteiger partial charge in [-0.25, -0.2) is 14.0 Å². The fourth-order valence-electron chi connectivity index (χ4n) is 2.97. The number of hydrogen-bond acceptors (Lipinski definition) is 7. The van der Waals surface area contributed by atoms with Crippen LogP contribution in [0.3, 0.4) is 0 Å². The SMILES string of the molecule is C[C@H]1CN(P(=O)(OC[C@@H]2CNCCO2)N(C)C)C[C@@H](CO[PH](=O)N(C)C)O1. The van der Waals surface area contributed by atoms with E-state index in [1.807, 2.05) is 11.6 Å². The highest BCUT2D eigenvalue weighted by Crippen LogP contribution is 2.53. The van der Waals surface area contributed by atoms with Crippen LogP contribution in [0.1, 0.15) is 6.92 Å². The molecular formula is C15H34N4O6P2. The molecule has 2 saturated heterocycles. The molecule has 2 aliphatic rings. The maximum Gasteiger partial charge on any atom is 0.345 e. The smallest absolute Gasteiger partial charge is 0.345 e. The predicted octanol–water partition coefficient (Wildman–Crippen LogP) is 0.718. The number of morpholine rings is 2. The van der Waals surface area contributed by atoms with Gasteiger partial charge in [0.2, 0.25) is 0 Å². The van der Waals surface area contributed by atoms with Gasteiger partial charge in [0.1, 0.15) is 0 Å². The summed E-state index contributed by atoms with van der Waals surface area (Å²) >= 11 is 0. The number of rotatable bonds is 9. The predicted molar refractivity (Wildman–Crippen MR) is 104 cm³/mol. The molecule has 0 aromatic rings. The highest BCUT2D eigenvalue weighted by atomic mass is 31.2. The lowest BCUT2D eigenvalue weighted by Crippen LogP contribution is -2.49. The average Bonchev–Trinajstić information content (AvgIpc) is 2.64. The van der Waals surface area contributed by atoms with Crippen LogP contribution in [0.5, 0.6) is 0 Å². The second kappa shape index (κ2) is 10.8. The van der Waals surface area contributed by atoms with Crippen molar-refractivity contribution in [2.24, 2.45) is 0 Å². The zero-order valence-corrected chi connectivity index (χ0v) is 18.8. The lowest BCUT2D eigenvalue weighted by molar-refractivity contribution is -0.0769. The summed E-state index contributed by atoms with van der Waals surface area (Å²) in [5.74, 6) is 0. The maximum absolute atomic E-state index is 13.6. The van der Waals surface area contributed by atoms with Crippen molar-refractivity contribution in [2.75, 3.05) is 74.2 Å². The number of nitrogens with zero attached hydrogens (tertiary/aromatic N) is 3. The minimum Gasteiger partial charge on any atom is -0.373 e. The molecule has 10 nitrogen and oxygen atoms in total. The molecule has 0 amide bonds. The van der Waals surface area contributed by atoms with Crippen LogP contribution >= 0.6 is 15.8 Å². The van der Waals surface area contributed by atoms with Gasteiger partial charge in [0.25, 0.3) is 8.18 Å². The highest BCUT2D eigenvalue weighted by Gasteiger charge is 2.41. The van der Waals surface area contributed by atoms with Crippen molar-refractivity contribution < 1.29 is 27.7 Å². The van der Waals surface area contributed by atoms with E-state index in [4.69, 9.17) is 18.5 Å². The summed E-state index contributed by atoms with van der Waals surface area (Å²) in [6.45, 7) is 5.35. The molecule has 0 aromatic heterocycles. The molecule has 27 heavy (non-hydrogen) atoms. The third-order valence-electron chi connectivity index (χ3n) is 4.36. The standard InChI is InChI=1S/C15H34N4O6P2/c1-13-9-19(10-15(25-13)11-23-26(20)17(2)3)27(21,18(4)5)24-12-14-8-16-6-7-22-14/h13-16,26H,6-12H2,1-5H3/t13-,14-,15-,27?/m0/s1. The largest absolute Gasteiger partial charge is 0.373 e. The van der Waals surface area contributed by atoms with Gasteiger partial charge in [0.15, 0.2) is 0 Å². The van der Waals surface area contributed by atoms with E-state index in [1.165, 1.54) is 0 Å². The van der Waals surface area contributed by atoms with Crippen LogP contribution in [0.25, 0.3) is 0 Å². The normalized spacial score (nSPS) is 31.1. The fraction of sp³-hybridized carbons (Fsp3) is 1.00. The van der Waals surface area contributed by atoms with Crippen LogP contribution < -0.4 is 5.32 Å². The first-order valence-electron chi connectivity index (χ1n) is 9.22. The van der Waals surface area contributed by atoms with E-state index in [9.17, 15) is 9.13 Å². The van der Waals surface area contributed by atoms with E-state index in [2.05, 4.69) is 5.32 Å². The van der Waals surface area contributed by atoms with Crippen LogP contribution in [0.15, 0.2) is 0 Å². The Hall–Kier alpha value is 0.140. The number of ether oxygens (including phenoxy) is 2. The van der Waals surface area contributed by atoms with Crippen molar-refractivity contribution >= 4 is 15.8 Å². The Balaban J connectivity index is 1.98. The summed E-state index contributed by atoms with van der Waals surface area (Å²) in [5, 5.41) is 3.24. The quantitative estimate of drug-likeness (QED) is 0.530. The molecule has 12 heteroatoms. The molecule has 0 saturated carbocycles. The Morgan fingerprint density at radius 1 is 1.22 bits per heavy atom. The van der Waals surface area contributed by atoms with Crippen LogP contribution in [-0.2, 0) is 27.7 Å². The first-order chi connectivity index (χ1) is 12.7. The van der Waals surface area contributed by atoms with E-state index >= 15 is 0 Å². The molecule has 2 unspecified atom stereocenters. The first-order valence-corrected chi connectivity index (χ1v) is 12.0. The molecule has 160 valence electrons. The fourth-order valence-corrected chi connectivity index (χ4v) is 5.64. The Morgan fingerprint density at radius 2 is 1.96 bits per heavy atom. The summed E-state index contributed by atoms with van der Waals surface area (Å²) in [4.78, 5) is 0.